The number of ether oxygens (including phenoxy) is 1. The lowest BCUT2D eigenvalue weighted by molar-refractivity contribution is 0.415. The van der Waals surface area contributed by atoms with Crippen LogP contribution in [-0.4, -0.2) is 17.1 Å². The van der Waals surface area contributed by atoms with Crippen LogP contribution in [0, 0.1) is 5.82 Å². The monoisotopic (exact) mass is 379 g/mol. The highest BCUT2D eigenvalue weighted by molar-refractivity contribution is 6.31. The van der Waals surface area contributed by atoms with Gasteiger partial charge >= 0.3 is 0 Å². The van der Waals surface area contributed by atoms with Crippen LogP contribution < -0.4 is 10.1 Å². The maximum Gasteiger partial charge on any atom is 0.162 e. The van der Waals surface area contributed by atoms with Crippen LogP contribution >= 0.6 is 11.6 Å². The van der Waals surface area contributed by atoms with Gasteiger partial charge in [-0.15, -0.1) is 0 Å². The van der Waals surface area contributed by atoms with Gasteiger partial charge in [-0.25, -0.2) is 14.4 Å². The van der Waals surface area contributed by atoms with Crippen LogP contribution in [0.25, 0.3) is 22.3 Å². The van der Waals surface area contributed by atoms with Crippen LogP contribution in [0.3, 0.4) is 0 Å². The number of aromatic nitrogens is 2. The highest BCUT2D eigenvalue weighted by Gasteiger charge is 2.11. The zero-order valence-electron chi connectivity index (χ0n) is 14.4. The smallest absolute Gasteiger partial charge is 0.162 e. The summed E-state index contributed by atoms with van der Waals surface area (Å²) >= 11 is 6.14. The van der Waals surface area contributed by atoms with Gasteiger partial charge in [-0.3, -0.25) is 0 Å². The molecule has 0 spiro atoms. The Hall–Kier alpha value is -3.18. The van der Waals surface area contributed by atoms with Crippen LogP contribution in [0.2, 0.25) is 5.02 Å². The van der Waals surface area contributed by atoms with E-state index in [4.69, 9.17) is 16.3 Å². The molecule has 0 amide bonds. The Morgan fingerprint density at radius 2 is 1.67 bits per heavy atom. The second-order valence-corrected chi connectivity index (χ2v) is 6.35. The molecule has 0 atom stereocenters. The lowest BCUT2D eigenvalue weighted by atomic mass is 10.1. The first-order valence-electron chi connectivity index (χ1n) is 8.27. The molecule has 4 rings (SSSR count). The summed E-state index contributed by atoms with van der Waals surface area (Å²) in [7, 11) is 1.62. The van der Waals surface area contributed by atoms with Crippen molar-refractivity contribution in [3.05, 3.63) is 77.6 Å². The third-order valence-corrected chi connectivity index (χ3v) is 4.35. The van der Waals surface area contributed by atoms with Crippen molar-refractivity contribution >= 4 is 34.0 Å². The molecule has 0 saturated heterocycles. The highest BCUT2D eigenvalue weighted by atomic mass is 35.5. The number of rotatable bonds is 4. The van der Waals surface area contributed by atoms with Gasteiger partial charge in [0.2, 0.25) is 0 Å². The molecular formula is C21H15ClFN3O. The van der Waals surface area contributed by atoms with Crippen molar-refractivity contribution in [1.29, 1.82) is 0 Å². The SMILES string of the molecule is COc1ccc(Nc2nc(-c3ccc(F)cc3)nc3cc(Cl)ccc23)cc1. The average Bonchev–Trinajstić information content (AvgIpc) is 2.68. The Morgan fingerprint density at radius 3 is 2.37 bits per heavy atom. The van der Waals surface area contributed by atoms with E-state index in [0.29, 0.717) is 22.2 Å². The van der Waals surface area contributed by atoms with Crippen LogP contribution in [0.4, 0.5) is 15.9 Å². The molecule has 4 aromatic rings. The molecule has 134 valence electrons. The maximum atomic E-state index is 13.3. The Bertz CT molecular complexity index is 1100. The van der Waals surface area contributed by atoms with E-state index >= 15 is 0 Å². The van der Waals surface area contributed by atoms with Gasteiger partial charge in [0, 0.05) is 21.7 Å². The second-order valence-electron chi connectivity index (χ2n) is 5.92. The number of hydrogen-bond donors (Lipinski definition) is 1. The van der Waals surface area contributed by atoms with Gasteiger partial charge in [0.05, 0.1) is 12.6 Å². The van der Waals surface area contributed by atoms with E-state index in [1.165, 1.54) is 12.1 Å². The van der Waals surface area contributed by atoms with E-state index in [1.54, 1.807) is 31.4 Å². The Balaban J connectivity index is 1.82. The van der Waals surface area contributed by atoms with Crippen molar-refractivity contribution in [3.8, 4) is 17.1 Å². The van der Waals surface area contributed by atoms with E-state index < -0.39 is 0 Å². The molecule has 0 aliphatic rings. The molecular weight excluding hydrogens is 365 g/mol. The van der Waals surface area contributed by atoms with E-state index in [2.05, 4.69) is 15.3 Å². The largest absolute Gasteiger partial charge is 0.497 e. The molecule has 6 heteroatoms. The molecule has 1 aromatic heterocycles. The Morgan fingerprint density at radius 1 is 0.926 bits per heavy atom. The standard InChI is InChI=1S/C21H15ClFN3O/c1-27-17-9-7-16(8-10-17)24-21-18-11-4-14(22)12-19(18)25-20(26-21)13-2-5-15(23)6-3-13/h2-12H,1H3,(H,24,25,26). The first-order valence-corrected chi connectivity index (χ1v) is 8.64. The van der Waals surface area contributed by atoms with Gasteiger partial charge in [0.1, 0.15) is 17.4 Å². The quantitative estimate of drug-likeness (QED) is 0.483. The number of halogens is 2. The zero-order chi connectivity index (χ0) is 18.8. The molecule has 27 heavy (non-hydrogen) atoms. The van der Waals surface area contributed by atoms with Crippen molar-refractivity contribution < 1.29 is 9.13 Å². The molecule has 0 radical (unpaired) electrons. The molecule has 1 N–H and O–H groups in total. The lowest BCUT2D eigenvalue weighted by Gasteiger charge is -2.12. The summed E-state index contributed by atoms with van der Waals surface area (Å²) in [5.41, 5.74) is 2.28. The number of anilines is 2. The van der Waals surface area contributed by atoms with Gasteiger partial charge in [0.25, 0.3) is 0 Å². The number of hydrogen-bond acceptors (Lipinski definition) is 4. The third-order valence-electron chi connectivity index (χ3n) is 4.11. The summed E-state index contributed by atoms with van der Waals surface area (Å²) in [6.07, 6.45) is 0. The third kappa shape index (κ3) is 3.68. The fraction of sp³-hybridized carbons (Fsp3) is 0.0476. The predicted octanol–water partition coefficient (Wildman–Crippen LogP) is 5.84. The minimum absolute atomic E-state index is 0.306. The minimum atomic E-state index is -0.306. The van der Waals surface area contributed by atoms with Gasteiger partial charge < -0.3 is 10.1 Å². The summed E-state index contributed by atoms with van der Waals surface area (Å²) in [6, 6.07) is 19.1. The second kappa shape index (κ2) is 7.21. The molecule has 0 saturated carbocycles. The minimum Gasteiger partial charge on any atom is -0.497 e. The van der Waals surface area contributed by atoms with E-state index in [-0.39, 0.29) is 5.82 Å². The van der Waals surface area contributed by atoms with Crippen LogP contribution in [-0.2, 0) is 0 Å². The van der Waals surface area contributed by atoms with Crippen molar-refractivity contribution in [1.82, 2.24) is 9.97 Å². The zero-order valence-corrected chi connectivity index (χ0v) is 15.2. The lowest BCUT2D eigenvalue weighted by Crippen LogP contribution is -1.99. The van der Waals surface area contributed by atoms with Crippen molar-refractivity contribution in [2.24, 2.45) is 0 Å². The van der Waals surface area contributed by atoms with Gasteiger partial charge in [-0.1, -0.05) is 11.6 Å². The average molecular weight is 380 g/mol. The van der Waals surface area contributed by atoms with E-state index in [1.807, 2.05) is 30.3 Å². The molecule has 0 fully saturated rings. The number of nitrogens with zero attached hydrogens (tertiary/aromatic N) is 2. The fourth-order valence-corrected chi connectivity index (χ4v) is 2.90. The van der Waals surface area contributed by atoms with Crippen LogP contribution in [0.1, 0.15) is 0 Å². The van der Waals surface area contributed by atoms with E-state index in [0.717, 1.165) is 22.4 Å². The summed E-state index contributed by atoms with van der Waals surface area (Å²) in [5.74, 6) is 1.59. The fourth-order valence-electron chi connectivity index (χ4n) is 2.74. The van der Waals surface area contributed by atoms with Gasteiger partial charge in [0.15, 0.2) is 5.82 Å². The van der Waals surface area contributed by atoms with E-state index in [9.17, 15) is 4.39 Å². The molecule has 0 aliphatic heterocycles. The van der Waals surface area contributed by atoms with Crippen LogP contribution in [0.5, 0.6) is 5.75 Å². The van der Waals surface area contributed by atoms with Gasteiger partial charge in [-0.05, 0) is 66.7 Å². The molecule has 4 nitrogen and oxygen atoms in total. The first-order chi connectivity index (χ1) is 13.1. The molecule has 0 bridgehead atoms. The number of fused-ring (bicyclic) bond motifs is 1. The molecule has 1 heterocycles. The maximum absolute atomic E-state index is 13.3. The number of nitrogens with one attached hydrogen (secondary N) is 1. The first kappa shape index (κ1) is 17.2. The molecule has 0 unspecified atom stereocenters. The van der Waals surface area contributed by atoms with Crippen molar-refractivity contribution in [2.45, 2.75) is 0 Å². The van der Waals surface area contributed by atoms with Gasteiger partial charge in [-0.2, -0.15) is 0 Å². The van der Waals surface area contributed by atoms with Crippen LogP contribution in [0.15, 0.2) is 66.7 Å². The van der Waals surface area contributed by atoms with Crippen molar-refractivity contribution in [3.63, 3.8) is 0 Å². The summed E-state index contributed by atoms with van der Waals surface area (Å²) < 4.78 is 18.4. The summed E-state index contributed by atoms with van der Waals surface area (Å²) in [4.78, 5) is 9.24. The number of methoxy groups -OCH3 is 1. The number of benzene rings is 3. The topological polar surface area (TPSA) is 47.0 Å². The summed E-state index contributed by atoms with van der Waals surface area (Å²) in [6.45, 7) is 0. The predicted molar refractivity (Wildman–Crippen MR) is 106 cm³/mol. The Kier molecular flexibility index (Phi) is 4.60. The van der Waals surface area contributed by atoms with Crippen molar-refractivity contribution in [2.75, 3.05) is 12.4 Å². The summed E-state index contributed by atoms with van der Waals surface area (Å²) in [5, 5.41) is 4.73. The Labute approximate surface area is 160 Å². The molecule has 0 aliphatic carbocycles. The normalized spacial score (nSPS) is 10.8. The molecule has 3 aromatic carbocycles. The highest BCUT2D eigenvalue weighted by Crippen LogP contribution is 2.29.